The van der Waals surface area contributed by atoms with Gasteiger partial charge in [0.2, 0.25) is 0 Å². The lowest BCUT2D eigenvalue weighted by atomic mass is 9.82. The molecule has 0 aromatic heterocycles. The lowest BCUT2D eigenvalue weighted by Gasteiger charge is -2.23. The van der Waals surface area contributed by atoms with Crippen LogP contribution in [-0.2, 0) is 65.3 Å². The van der Waals surface area contributed by atoms with Crippen molar-refractivity contribution in [1.82, 2.24) is 0 Å². The van der Waals surface area contributed by atoms with Gasteiger partial charge in [0, 0.05) is 39.1 Å². The molecule has 0 unspecified atom stereocenters. The Morgan fingerprint density at radius 1 is 0.302 bits per heavy atom. The Bertz CT molecular complexity index is 4340. The van der Waals surface area contributed by atoms with Crippen LogP contribution in [0, 0.1) is 17.5 Å². The summed E-state index contributed by atoms with van der Waals surface area (Å²) in [6.07, 6.45) is -3.46. The minimum Gasteiger partial charge on any atom is -0.744 e. The van der Waals surface area contributed by atoms with Crippen molar-refractivity contribution in [3.63, 3.8) is 0 Å². The van der Waals surface area contributed by atoms with Crippen LogP contribution < -0.4 is 0 Å². The average Bonchev–Trinajstić information content (AvgIpc) is 0.826. The van der Waals surface area contributed by atoms with E-state index in [0.717, 1.165) is 77.6 Å². The molecule has 542 valence electrons. The van der Waals surface area contributed by atoms with Gasteiger partial charge in [0.25, 0.3) is 0 Å². The molecule has 13 aromatic rings. The van der Waals surface area contributed by atoms with Crippen LogP contribution >= 0.6 is 101 Å². The predicted octanol–water partition coefficient (Wildman–Crippen LogP) is 28.3. The van der Waals surface area contributed by atoms with Gasteiger partial charge in [-0.15, -0.1) is 0 Å². The summed E-state index contributed by atoms with van der Waals surface area (Å²) in [7, 11) is -5.77. The molecule has 0 amide bonds. The molecule has 0 fully saturated rings. The highest BCUT2D eigenvalue weighted by atomic mass is 79.9. The molecule has 0 spiro atoms. The van der Waals surface area contributed by atoms with Crippen molar-refractivity contribution in [2.45, 2.75) is 102 Å². The van der Waals surface area contributed by atoms with Crippen LogP contribution in [0.5, 0.6) is 0 Å². The monoisotopic (exact) mass is 1760 g/mol. The first-order chi connectivity index (χ1) is 50.5. The summed E-state index contributed by atoms with van der Waals surface area (Å²) in [5.74, 6) is -1.04. The third-order valence-electron chi connectivity index (χ3n) is 15.8. The first-order valence-corrected chi connectivity index (χ1v) is 42.2. The number of hydrogen-bond acceptors (Lipinski definition) is 3. The first kappa shape index (κ1) is 83.5. The van der Waals surface area contributed by atoms with Gasteiger partial charge in [-0.3, -0.25) is 0 Å². The summed E-state index contributed by atoms with van der Waals surface area (Å²) >= 11 is 43.1. The van der Waals surface area contributed by atoms with Gasteiger partial charge in [-0.2, -0.15) is 13.2 Å². The number of halogens is 14. The van der Waals surface area contributed by atoms with Crippen molar-refractivity contribution < 1.29 is 39.3 Å². The van der Waals surface area contributed by atoms with E-state index in [1.807, 2.05) is 109 Å². The average molecular weight is 1770 g/mol. The SMILES string of the molecule is CCC(C)(C)c1ccc(S(=O)(=O)[O-])cc1.Clc1ccc([S+](c2ccc(Br)cc2)c2ccc(Br)cc2)cc1.Clc1ccc([S+](c2ccc(Cl)cc2)c2ccc(Cl)cc2)cc1.Fc1ccc([S+](c2ccc(Cl)cc2)c2ccc(Cl)cc2)cc1.Fc1ccc([S+](c2ccc(F)cc2)c2ccc(C(F)(F)F)cc2)cc1. The van der Waals surface area contributed by atoms with E-state index in [0.29, 0.717) is 14.9 Å². The minimum atomic E-state index is -4.41. The van der Waals surface area contributed by atoms with Gasteiger partial charge in [0.05, 0.1) is 54.0 Å². The van der Waals surface area contributed by atoms with Crippen molar-refractivity contribution >= 4 is 155 Å². The van der Waals surface area contributed by atoms with Gasteiger partial charge in [0.1, 0.15) is 27.6 Å². The fourth-order valence-electron chi connectivity index (χ4n) is 9.97. The highest BCUT2D eigenvalue weighted by Gasteiger charge is 2.35. The minimum absolute atomic E-state index is 0.00514. The Labute approximate surface area is 673 Å². The molecule has 0 bridgehead atoms. The molecular weight excluding hydrogens is 1700 g/mol. The second-order valence-electron chi connectivity index (χ2n) is 23.5. The normalized spacial score (nSPS) is 11.4. The van der Waals surface area contributed by atoms with Gasteiger partial charge in [0.15, 0.2) is 58.7 Å². The molecule has 0 heterocycles. The van der Waals surface area contributed by atoms with Gasteiger partial charge >= 0.3 is 6.18 Å². The Kier molecular flexibility index (Phi) is 30.9. The fourth-order valence-corrected chi connectivity index (χ4v) is 19.9. The molecule has 106 heavy (non-hydrogen) atoms. The molecule has 3 nitrogen and oxygen atoms in total. The molecule has 0 saturated heterocycles. The zero-order valence-corrected chi connectivity index (χ0v) is 68.1. The number of benzene rings is 13. The van der Waals surface area contributed by atoms with Crippen LogP contribution in [0.25, 0.3) is 0 Å². The lowest BCUT2D eigenvalue weighted by molar-refractivity contribution is -0.137. The first-order valence-electron chi connectivity index (χ1n) is 32.0. The molecule has 0 saturated carbocycles. The molecule has 0 aliphatic carbocycles. The molecule has 0 aliphatic rings. The summed E-state index contributed by atoms with van der Waals surface area (Å²) in [4.78, 5) is 12.7. The summed E-state index contributed by atoms with van der Waals surface area (Å²) < 4.78 is 112. The van der Waals surface area contributed by atoms with Crippen LogP contribution in [-0.4, -0.2) is 13.0 Å². The zero-order chi connectivity index (χ0) is 76.3. The summed E-state index contributed by atoms with van der Waals surface area (Å²) in [5.41, 5.74) is 0.306. The predicted molar refractivity (Wildman–Crippen MR) is 434 cm³/mol. The van der Waals surface area contributed by atoms with E-state index < -0.39 is 44.4 Å². The van der Waals surface area contributed by atoms with Gasteiger partial charge < -0.3 is 4.55 Å². The summed E-state index contributed by atoms with van der Waals surface area (Å²) in [6.45, 7) is 6.22. The number of rotatable bonds is 15. The van der Waals surface area contributed by atoms with Gasteiger partial charge in [-0.05, 0) is 321 Å². The third kappa shape index (κ3) is 24.5. The molecule has 0 N–H and O–H groups in total. The van der Waals surface area contributed by atoms with E-state index in [4.69, 9.17) is 69.6 Å². The van der Waals surface area contributed by atoms with Crippen molar-refractivity contribution in [3.05, 3.63) is 383 Å². The standard InChI is InChI=1S/C19H12F5S.C18H12Br2ClS.C18H12Cl3S.C18H12Cl2FS.C11H16O3S/c20-14-3-9-17(10-4-14)25(18-11-5-15(21)6-12-18)16-7-1-13(2-8-16)19(22,23)24;3*19-13-1-7-16(8-2-13)22(17-9-3-14(20)4-10-17)18-11-5-15(21)6-12-18;1-4-11(2,3)9-5-7-10(8-6-9)15(12,13)14/h1-12H;3*1-12H;5-8H,4H2,1-3H3,(H,12,13,14)/q4*+1;/p-1. The topological polar surface area (TPSA) is 57.2 Å². The third-order valence-corrected chi connectivity index (χ3v) is 28.1. The molecule has 13 aromatic carbocycles. The van der Waals surface area contributed by atoms with Crippen LogP contribution in [0.2, 0.25) is 30.1 Å². The van der Waals surface area contributed by atoms with Crippen molar-refractivity contribution in [2.75, 3.05) is 0 Å². The highest BCUT2D eigenvalue weighted by Crippen LogP contribution is 2.39. The molecular formula is C84H63Br2Cl6F6O3S5+3. The van der Waals surface area contributed by atoms with Crippen molar-refractivity contribution in [1.29, 1.82) is 0 Å². The number of hydrogen-bond donors (Lipinski definition) is 0. The molecule has 0 aliphatic heterocycles. The largest absolute Gasteiger partial charge is 0.744 e. The summed E-state index contributed by atoms with van der Waals surface area (Å²) in [5, 5.41) is 4.36. The van der Waals surface area contributed by atoms with Crippen LogP contribution in [0.3, 0.4) is 0 Å². The second kappa shape index (κ2) is 39.2. The van der Waals surface area contributed by atoms with E-state index >= 15 is 0 Å². The Hall–Kier alpha value is -6.55. The Morgan fingerprint density at radius 3 is 0.651 bits per heavy atom. The van der Waals surface area contributed by atoms with Crippen LogP contribution in [0.1, 0.15) is 38.3 Å². The van der Waals surface area contributed by atoms with E-state index in [9.17, 15) is 39.3 Å². The maximum absolute atomic E-state index is 13.2. The molecule has 0 atom stereocenters. The van der Waals surface area contributed by atoms with Crippen molar-refractivity contribution in [2.24, 2.45) is 0 Å². The maximum Gasteiger partial charge on any atom is 0.416 e. The quantitative estimate of drug-likeness (QED) is 0.0584. The van der Waals surface area contributed by atoms with E-state index in [1.54, 1.807) is 36.4 Å². The smallest absolute Gasteiger partial charge is 0.416 e. The summed E-state index contributed by atoms with van der Waals surface area (Å²) in [6, 6.07) is 93.7. The molecule has 22 heteroatoms. The van der Waals surface area contributed by atoms with E-state index in [1.165, 1.54) is 90.0 Å². The van der Waals surface area contributed by atoms with Crippen LogP contribution in [0.15, 0.2) is 388 Å². The second-order valence-corrected chi connectivity index (χ2v) is 37.4. The van der Waals surface area contributed by atoms with E-state index in [2.05, 4.69) is 150 Å². The maximum atomic E-state index is 13.2. The zero-order valence-electron chi connectivity index (χ0n) is 56.3. The number of alkyl halides is 3. The fraction of sp³-hybridized carbons (Fsp3) is 0.0714. The van der Waals surface area contributed by atoms with E-state index in [-0.39, 0.29) is 48.8 Å². The molecule has 13 rings (SSSR count). The van der Waals surface area contributed by atoms with Gasteiger partial charge in [-0.1, -0.05) is 134 Å². The van der Waals surface area contributed by atoms with Crippen molar-refractivity contribution in [3.8, 4) is 0 Å². The Balaban J connectivity index is 0.000000155. The highest BCUT2D eigenvalue weighted by molar-refractivity contribution is 9.10. The Morgan fingerprint density at radius 2 is 0.472 bits per heavy atom. The van der Waals surface area contributed by atoms with Crippen LogP contribution in [0.4, 0.5) is 26.3 Å². The molecule has 0 radical (unpaired) electrons. The lowest BCUT2D eigenvalue weighted by Crippen LogP contribution is -2.15. The van der Waals surface area contributed by atoms with Gasteiger partial charge in [-0.25, -0.2) is 21.6 Å².